The Balaban J connectivity index is 0.00000364. The van der Waals surface area contributed by atoms with Gasteiger partial charge in [0.2, 0.25) is 0 Å². The van der Waals surface area contributed by atoms with E-state index in [0.29, 0.717) is 30.4 Å². The normalized spacial score (nSPS) is 12.8. The van der Waals surface area contributed by atoms with Gasteiger partial charge in [0.1, 0.15) is 0 Å². The number of benzene rings is 2. The Morgan fingerprint density at radius 2 is 1.67 bits per heavy atom. The fraction of sp³-hybridized carbons (Fsp3) is 0.278. The lowest BCUT2D eigenvalue weighted by atomic mass is 10.1. The second-order valence-corrected chi connectivity index (χ2v) is 6.98. The fourth-order valence-corrected chi connectivity index (χ4v) is 3.15. The van der Waals surface area contributed by atoms with E-state index in [4.69, 9.17) is 0 Å². The first-order valence-corrected chi connectivity index (χ1v) is 9.26. The average molecular weight is 511 g/mol. The molecule has 0 aliphatic carbocycles. The molecule has 148 valence electrons. The Kier molecular flexibility index (Phi) is 9.78. The third kappa shape index (κ3) is 7.87. The van der Waals surface area contributed by atoms with Gasteiger partial charge in [0, 0.05) is 30.8 Å². The fourth-order valence-electron chi connectivity index (χ4n) is 2.17. The van der Waals surface area contributed by atoms with E-state index in [1.807, 2.05) is 30.3 Å². The minimum atomic E-state index is -4.34. The number of halogens is 4. The summed E-state index contributed by atoms with van der Waals surface area (Å²) in [6, 6.07) is 14.1. The summed E-state index contributed by atoms with van der Waals surface area (Å²) in [5.41, 5.74) is 0.0287. The van der Waals surface area contributed by atoms with Gasteiger partial charge in [0.25, 0.3) is 0 Å². The monoisotopic (exact) mass is 511 g/mol. The first kappa shape index (κ1) is 23.4. The van der Waals surface area contributed by atoms with Crippen LogP contribution in [0.1, 0.15) is 11.1 Å². The van der Waals surface area contributed by atoms with Crippen LogP contribution in [0.4, 0.5) is 13.2 Å². The molecule has 0 aromatic heterocycles. The van der Waals surface area contributed by atoms with Crippen LogP contribution in [0.15, 0.2) is 64.5 Å². The van der Waals surface area contributed by atoms with Crippen molar-refractivity contribution in [3.63, 3.8) is 0 Å². The molecule has 1 unspecified atom stereocenters. The summed E-state index contributed by atoms with van der Waals surface area (Å²) >= 11 is 0. The Hall–Kier alpha value is -1.62. The van der Waals surface area contributed by atoms with E-state index in [2.05, 4.69) is 15.6 Å². The molecule has 1 atom stereocenters. The van der Waals surface area contributed by atoms with Crippen molar-refractivity contribution in [3.8, 4) is 0 Å². The Labute approximate surface area is 176 Å². The molecular weight excluding hydrogens is 490 g/mol. The second kappa shape index (κ2) is 11.3. The van der Waals surface area contributed by atoms with Crippen molar-refractivity contribution in [2.45, 2.75) is 17.6 Å². The maximum atomic E-state index is 12.5. The molecule has 2 rings (SSSR count). The van der Waals surface area contributed by atoms with E-state index >= 15 is 0 Å². The van der Waals surface area contributed by atoms with Crippen LogP contribution < -0.4 is 10.6 Å². The number of nitrogens with zero attached hydrogens (tertiary/aromatic N) is 1. The molecule has 0 bridgehead atoms. The number of alkyl halides is 3. The van der Waals surface area contributed by atoms with Gasteiger partial charge in [0.05, 0.1) is 16.4 Å². The van der Waals surface area contributed by atoms with Gasteiger partial charge in [-0.05, 0) is 29.8 Å². The third-order valence-corrected chi connectivity index (χ3v) is 4.92. The molecule has 0 saturated heterocycles. The zero-order valence-electron chi connectivity index (χ0n) is 14.6. The van der Waals surface area contributed by atoms with E-state index in [0.717, 1.165) is 17.0 Å². The zero-order chi connectivity index (χ0) is 19.0. The largest absolute Gasteiger partial charge is 0.416 e. The van der Waals surface area contributed by atoms with Gasteiger partial charge in [-0.15, -0.1) is 24.0 Å². The summed E-state index contributed by atoms with van der Waals surface area (Å²) in [5.74, 6) is 0.917. The van der Waals surface area contributed by atoms with Crippen LogP contribution in [-0.2, 0) is 23.5 Å². The van der Waals surface area contributed by atoms with Crippen LogP contribution in [0, 0.1) is 0 Å². The highest BCUT2D eigenvalue weighted by Gasteiger charge is 2.29. The van der Waals surface area contributed by atoms with Crippen molar-refractivity contribution in [2.24, 2.45) is 4.99 Å². The number of nitrogens with one attached hydrogen (secondary N) is 2. The van der Waals surface area contributed by atoms with Crippen LogP contribution >= 0.6 is 24.0 Å². The predicted molar refractivity (Wildman–Crippen MR) is 113 cm³/mol. The number of guanidine groups is 1. The molecular formula is C18H21F3IN3OS. The second-order valence-electron chi connectivity index (χ2n) is 5.41. The van der Waals surface area contributed by atoms with Crippen molar-refractivity contribution >= 4 is 40.7 Å². The van der Waals surface area contributed by atoms with Crippen molar-refractivity contribution in [2.75, 3.05) is 19.3 Å². The van der Waals surface area contributed by atoms with Crippen LogP contribution in [0.2, 0.25) is 0 Å². The molecule has 0 aliphatic rings. The summed E-state index contributed by atoms with van der Waals surface area (Å²) in [7, 11) is 0.489. The summed E-state index contributed by atoms with van der Waals surface area (Å²) < 4.78 is 49.8. The number of aliphatic imine (C=N–C) groups is 1. The van der Waals surface area contributed by atoms with Gasteiger partial charge in [-0.2, -0.15) is 13.2 Å². The first-order valence-electron chi connectivity index (χ1n) is 7.94. The Morgan fingerprint density at radius 1 is 1.04 bits per heavy atom. The van der Waals surface area contributed by atoms with E-state index in [9.17, 15) is 17.4 Å². The quantitative estimate of drug-likeness (QED) is 0.353. The molecule has 0 amide bonds. The minimum absolute atomic E-state index is 0. The molecule has 9 heteroatoms. The van der Waals surface area contributed by atoms with Crippen LogP contribution in [0.25, 0.3) is 0 Å². The topological polar surface area (TPSA) is 53.5 Å². The molecule has 0 saturated carbocycles. The van der Waals surface area contributed by atoms with Gasteiger partial charge in [0.15, 0.2) is 5.96 Å². The molecule has 2 aromatic rings. The standard InChI is InChI=1S/C18H20F3N3OS.HI/c1-22-17(23-11-12-26(25)16-5-3-2-4-6-16)24-13-14-7-9-15(10-8-14)18(19,20)21;/h2-10H,11-13H2,1H3,(H2,22,23,24);1H. The highest BCUT2D eigenvalue weighted by molar-refractivity contribution is 14.0. The molecule has 0 aliphatic heterocycles. The van der Waals surface area contributed by atoms with E-state index in [1.165, 1.54) is 12.1 Å². The lowest BCUT2D eigenvalue weighted by Crippen LogP contribution is -2.38. The maximum Gasteiger partial charge on any atom is 0.416 e. The number of rotatable bonds is 6. The maximum absolute atomic E-state index is 12.5. The molecule has 0 heterocycles. The van der Waals surface area contributed by atoms with Crippen molar-refractivity contribution in [1.29, 1.82) is 0 Å². The molecule has 0 radical (unpaired) electrons. The van der Waals surface area contributed by atoms with E-state index in [-0.39, 0.29) is 24.0 Å². The van der Waals surface area contributed by atoms with E-state index < -0.39 is 22.5 Å². The minimum Gasteiger partial charge on any atom is -0.355 e. The van der Waals surface area contributed by atoms with E-state index in [1.54, 1.807) is 7.05 Å². The predicted octanol–water partition coefficient (Wildman–Crippen LogP) is 3.80. The molecule has 27 heavy (non-hydrogen) atoms. The van der Waals surface area contributed by atoms with Crippen molar-refractivity contribution in [1.82, 2.24) is 10.6 Å². The highest BCUT2D eigenvalue weighted by Crippen LogP contribution is 2.28. The van der Waals surface area contributed by atoms with Gasteiger partial charge >= 0.3 is 6.18 Å². The molecule has 0 fully saturated rings. The molecule has 4 nitrogen and oxygen atoms in total. The van der Waals surface area contributed by atoms with Crippen molar-refractivity contribution < 1.29 is 17.4 Å². The Morgan fingerprint density at radius 3 is 2.22 bits per heavy atom. The first-order chi connectivity index (χ1) is 12.4. The summed E-state index contributed by atoms with van der Waals surface area (Å²) in [6.07, 6.45) is -4.34. The number of hydrogen-bond donors (Lipinski definition) is 2. The van der Waals surface area contributed by atoms with Crippen LogP contribution in [0.3, 0.4) is 0 Å². The smallest absolute Gasteiger partial charge is 0.355 e. The molecule has 2 aromatic carbocycles. The Bertz CT molecular complexity index is 753. The molecule has 0 spiro atoms. The summed E-state index contributed by atoms with van der Waals surface area (Å²) in [6.45, 7) is 0.785. The lowest BCUT2D eigenvalue weighted by Gasteiger charge is -2.12. The van der Waals surface area contributed by atoms with Gasteiger partial charge in [-0.25, -0.2) is 0 Å². The highest BCUT2D eigenvalue weighted by atomic mass is 127. The van der Waals surface area contributed by atoms with Crippen molar-refractivity contribution in [3.05, 3.63) is 65.7 Å². The molecule has 2 N–H and O–H groups in total. The van der Waals surface area contributed by atoms with Crippen LogP contribution in [0.5, 0.6) is 0 Å². The third-order valence-electron chi connectivity index (χ3n) is 3.55. The summed E-state index contributed by atoms with van der Waals surface area (Å²) in [4.78, 5) is 4.81. The van der Waals surface area contributed by atoms with Gasteiger partial charge < -0.3 is 10.6 Å². The SMILES string of the molecule is CN=C(NCCS(=O)c1ccccc1)NCc1ccc(C(F)(F)F)cc1.I. The van der Waals surface area contributed by atoms with Crippen LogP contribution in [-0.4, -0.2) is 29.5 Å². The number of hydrogen-bond acceptors (Lipinski definition) is 2. The van der Waals surface area contributed by atoms with Gasteiger partial charge in [-0.1, -0.05) is 30.3 Å². The zero-order valence-corrected chi connectivity index (χ0v) is 17.8. The lowest BCUT2D eigenvalue weighted by molar-refractivity contribution is -0.137. The summed E-state index contributed by atoms with van der Waals surface area (Å²) in [5, 5.41) is 6.06. The average Bonchev–Trinajstić information content (AvgIpc) is 2.64. The van der Waals surface area contributed by atoms with Gasteiger partial charge in [-0.3, -0.25) is 9.20 Å².